The molecule has 4 amide bonds. The molecule has 0 saturated carbocycles. The number of nitrogens with one attached hydrogen (secondary N) is 4. The van der Waals surface area contributed by atoms with Crippen LogP contribution < -0.4 is 21.3 Å². The number of hydrogen-bond acceptors (Lipinski definition) is 10. The fraction of sp³-hybridized carbons (Fsp3) is 0.182. The topological polar surface area (TPSA) is 200 Å². The summed E-state index contributed by atoms with van der Waals surface area (Å²) in [6.07, 6.45) is 0.733. The number of benzene rings is 5. The fourth-order valence-electron chi connectivity index (χ4n) is 5.96. The third-order valence-electron chi connectivity index (χ3n) is 9.25. The predicted octanol–water partition coefficient (Wildman–Crippen LogP) is 12.6. The van der Waals surface area contributed by atoms with E-state index >= 15 is 0 Å². The Balaban J connectivity index is 1.32. The van der Waals surface area contributed by atoms with E-state index in [0.717, 1.165) is 0 Å². The average molecular weight is 986 g/mol. The number of carbonyl (C=O) groups excluding carboxylic acids is 6. The van der Waals surface area contributed by atoms with Crippen molar-refractivity contribution in [3.05, 3.63) is 137 Å². The summed E-state index contributed by atoms with van der Waals surface area (Å²) in [6.45, 7) is 5.98. The van der Waals surface area contributed by atoms with Gasteiger partial charge in [0.15, 0.2) is 11.6 Å². The van der Waals surface area contributed by atoms with E-state index in [4.69, 9.17) is 69.6 Å². The molecular formula is C44H36Cl6N8O6. The summed E-state index contributed by atoms with van der Waals surface area (Å²) in [5.74, 6) is -4.14. The lowest BCUT2D eigenvalue weighted by Gasteiger charge is -2.19. The Morgan fingerprint density at radius 3 is 1.30 bits per heavy atom. The minimum absolute atomic E-state index is 0.00953. The smallest absolute Gasteiger partial charge is 0.258 e. The summed E-state index contributed by atoms with van der Waals surface area (Å²) in [5.41, 5.74) is 2.37. The molecule has 0 heterocycles. The summed E-state index contributed by atoms with van der Waals surface area (Å²) >= 11 is 37.6. The molecule has 5 aromatic rings. The van der Waals surface area contributed by atoms with Gasteiger partial charge in [-0.1, -0.05) is 108 Å². The molecule has 5 rings (SSSR count). The molecule has 0 saturated heterocycles. The Morgan fingerprint density at radius 1 is 0.516 bits per heavy atom. The van der Waals surface area contributed by atoms with Crippen molar-refractivity contribution in [2.24, 2.45) is 20.5 Å². The Morgan fingerprint density at radius 2 is 0.906 bits per heavy atom. The number of ketones is 2. The molecule has 0 aliphatic rings. The first-order chi connectivity index (χ1) is 30.4. The molecule has 0 bridgehead atoms. The van der Waals surface area contributed by atoms with Gasteiger partial charge in [-0.05, 0) is 98.5 Å². The van der Waals surface area contributed by atoms with Crippen molar-refractivity contribution in [2.75, 3.05) is 21.3 Å². The lowest BCUT2D eigenvalue weighted by molar-refractivity contribution is -0.127. The lowest BCUT2D eigenvalue weighted by atomic mass is 10.0. The molecule has 2 unspecified atom stereocenters. The van der Waals surface area contributed by atoms with Gasteiger partial charge in [0.2, 0.25) is 12.1 Å². The normalized spacial score (nSPS) is 12.2. The monoisotopic (exact) mass is 982 g/mol. The zero-order valence-corrected chi connectivity index (χ0v) is 38.7. The molecule has 0 aliphatic heterocycles. The summed E-state index contributed by atoms with van der Waals surface area (Å²) < 4.78 is 0. The number of hydrogen-bond donors (Lipinski definition) is 4. The number of aryl methyl sites for hydroxylation is 2. The van der Waals surface area contributed by atoms with Crippen LogP contribution in [0.1, 0.15) is 59.5 Å². The highest BCUT2D eigenvalue weighted by Crippen LogP contribution is 2.35. The van der Waals surface area contributed by atoms with Crippen LogP contribution in [0.5, 0.6) is 0 Å². The maximum Gasteiger partial charge on any atom is 0.258 e. The molecule has 0 fully saturated rings. The first-order valence-corrected chi connectivity index (χ1v) is 21.4. The second kappa shape index (κ2) is 22.2. The molecule has 2 atom stereocenters. The van der Waals surface area contributed by atoms with Crippen LogP contribution in [-0.4, -0.2) is 47.3 Å². The van der Waals surface area contributed by atoms with Gasteiger partial charge in [-0.25, -0.2) is 0 Å². The quantitative estimate of drug-likeness (QED) is 0.0560. The summed E-state index contributed by atoms with van der Waals surface area (Å²) in [7, 11) is 0. The van der Waals surface area contributed by atoms with Crippen molar-refractivity contribution in [1.82, 2.24) is 0 Å². The van der Waals surface area contributed by atoms with Crippen molar-refractivity contribution in [1.29, 1.82) is 0 Å². The second-order valence-corrected chi connectivity index (χ2v) is 16.0. The van der Waals surface area contributed by atoms with Crippen LogP contribution in [0.15, 0.2) is 105 Å². The minimum atomic E-state index is -1.61. The van der Waals surface area contributed by atoms with Gasteiger partial charge in [0.1, 0.15) is 11.4 Å². The Bertz CT molecular complexity index is 2720. The van der Waals surface area contributed by atoms with Crippen LogP contribution in [0.4, 0.5) is 34.1 Å². The Labute approximate surface area is 397 Å². The highest BCUT2D eigenvalue weighted by atomic mass is 35.5. The van der Waals surface area contributed by atoms with E-state index in [2.05, 4.69) is 41.7 Å². The minimum Gasteiger partial charge on any atom is -0.324 e. The van der Waals surface area contributed by atoms with Crippen molar-refractivity contribution in [3.63, 3.8) is 0 Å². The molecular weight excluding hydrogens is 949 g/mol. The van der Waals surface area contributed by atoms with Crippen LogP contribution >= 0.6 is 69.6 Å². The van der Waals surface area contributed by atoms with E-state index in [9.17, 15) is 28.8 Å². The zero-order chi connectivity index (χ0) is 46.8. The van der Waals surface area contributed by atoms with E-state index in [0.29, 0.717) is 29.7 Å². The van der Waals surface area contributed by atoms with Crippen LogP contribution in [-0.2, 0) is 32.0 Å². The number of anilines is 4. The SMILES string of the molecule is CCc1cc(NC(=O)C(N=Nc2cccc(C(=O)Nc3cccc(Cl)c3Cl)c2Cl)C(C)=O)cc(CC)c1NC(=O)C(N=Nc1cccc(C(=O)Nc2cccc(Cl)c2Cl)c1Cl)C(C)=O. The van der Waals surface area contributed by atoms with Crippen molar-refractivity contribution in [2.45, 2.75) is 52.6 Å². The van der Waals surface area contributed by atoms with E-state index in [1.165, 1.54) is 50.2 Å². The van der Waals surface area contributed by atoms with E-state index in [1.807, 2.05) is 13.8 Å². The maximum absolute atomic E-state index is 13.7. The number of azo groups is 2. The van der Waals surface area contributed by atoms with E-state index in [-0.39, 0.29) is 69.7 Å². The number of Topliss-reactive ketones (excluding diaryl/α,β-unsaturated/α-hetero) is 2. The van der Waals surface area contributed by atoms with Crippen molar-refractivity contribution < 1.29 is 28.8 Å². The molecule has 14 nitrogen and oxygen atoms in total. The molecule has 0 aromatic heterocycles. The van der Waals surface area contributed by atoms with Crippen LogP contribution in [0.2, 0.25) is 30.1 Å². The lowest BCUT2D eigenvalue weighted by Crippen LogP contribution is -2.33. The first kappa shape index (κ1) is 49.3. The van der Waals surface area contributed by atoms with Gasteiger partial charge in [-0.15, -0.1) is 0 Å². The van der Waals surface area contributed by atoms with Crippen molar-refractivity contribution in [3.8, 4) is 0 Å². The number of nitrogens with zero attached hydrogens (tertiary/aromatic N) is 4. The maximum atomic E-state index is 13.7. The fourth-order valence-corrected chi connectivity index (χ4v) is 7.16. The zero-order valence-electron chi connectivity index (χ0n) is 34.2. The van der Waals surface area contributed by atoms with Gasteiger partial charge in [-0.2, -0.15) is 20.5 Å². The summed E-state index contributed by atoms with van der Waals surface area (Å²) in [6, 6.07) is 18.2. The summed E-state index contributed by atoms with van der Waals surface area (Å²) in [5, 5.41) is 27.4. The second-order valence-electron chi connectivity index (χ2n) is 13.7. The molecule has 64 heavy (non-hydrogen) atoms. The summed E-state index contributed by atoms with van der Waals surface area (Å²) in [4.78, 5) is 78.8. The average Bonchev–Trinajstić information content (AvgIpc) is 3.25. The van der Waals surface area contributed by atoms with Crippen LogP contribution in [0, 0.1) is 0 Å². The van der Waals surface area contributed by atoms with Gasteiger partial charge < -0.3 is 21.3 Å². The molecule has 4 N–H and O–H groups in total. The number of carbonyl (C=O) groups is 6. The highest BCUT2D eigenvalue weighted by Gasteiger charge is 2.28. The molecule has 0 radical (unpaired) electrons. The molecule has 5 aromatic carbocycles. The van der Waals surface area contributed by atoms with Crippen LogP contribution in [0.3, 0.4) is 0 Å². The van der Waals surface area contributed by atoms with E-state index in [1.54, 1.807) is 48.5 Å². The number of amides is 4. The predicted molar refractivity (Wildman–Crippen MR) is 252 cm³/mol. The van der Waals surface area contributed by atoms with Gasteiger partial charge in [0, 0.05) is 11.4 Å². The van der Waals surface area contributed by atoms with Gasteiger partial charge in [0.05, 0.1) is 52.6 Å². The van der Waals surface area contributed by atoms with Gasteiger partial charge >= 0.3 is 0 Å². The molecule has 0 spiro atoms. The van der Waals surface area contributed by atoms with Crippen LogP contribution in [0.25, 0.3) is 0 Å². The van der Waals surface area contributed by atoms with E-state index < -0.39 is 47.3 Å². The molecule has 20 heteroatoms. The van der Waals surface area contributed by atoms with Gasteiger partial charge in [0.25, 0.3) is 23.6 Å². The standard InChI is InChI=1S/C44H36Cl6N8O6/c1-5-23-19-25(51-43(63)38(21(3)59)57-55-32-17-7-11-26(34(32)47)41(61)52-30-15-9-13-28(45)36(30)49)20-24(6-2)40(23)54-44(64)39(22(4)60)58-56-33-18-8-12-27(35(33)48)42(62)53-31-16-10-14-29(46)37(31)50/h7-20,38-39H,5-6H2,1-4H3,(H,51,63)(H,52,61)(H,53,62)(H,54,64). The molecule has 0 aliphatic carbocycles. The highest BCUT2D eigenvalue weighted by molar-refractivity contribution is 6.45. The van der Waals surface area contributed by atoms with Gasteiger partial charge in [-0.3, -0.25) is 28.8 Å². The first-order valence-electron chi connectivity index (χ1n) is 19.1. The Hall–Kier alpha value is -5.74. The third-order valence-corrected chi connectivity index (χ3v) is 11.7. The van der Waals surface area contributed by atoms with Crippen molar-refractivity contribution >= 4 is 139 Å². The number of halogens is 6. The third kappa shape index (κ3) is 11.9. The molecule has 330 valence electrons. The largest absolute Gasteiger partial charge is 0.324 e. The Kier molecular flexibility index (Phi) is 17.1. The number of rotatable bonds is 16.